The number of aromatic nitrogens is 2. The Hall–Kier alpha value is -3.25. The van der Waals surface area contributed by atoms with E-state index in [0.717, 1.165) is 42.0 Å². The van der Waals surface area contributed by atoms with Crippen molar-refractivity contribution in [1.29, 1.82) is 0 Å². The highest BCUT2D eigenvalue weighted by atomic mass is 35.5. The topological polar surface area (TPSA) is 60.5 Å². The third-order valence-electron chi connectivity index (χ3n) is 5.05. The van der Waals surface area contributed by atoms with Crippen molar-refractivity contribution in [2.24, 2.45) is 0 Å². The van der Waals surface area contributed by atoms with Gasteiger partial charge in [0.25, 0.3) is 5.91 Å². The molecule has 0 spiro atoms. The average molecular weight is 438 g/mol. The van der Waals surface area contributed by atoms with Crippen LogP contribution in [-0.4, -0.2) is 34.0 Å². The molecule has 0 aliphatic carbocycles. The van der Waals surface area contributed by atoms with Crippen LogP contribution in [0.4, 0.5) is 0 Å². The molecule has 0 aliphatic rings. The van der Waals surface area contributed by atoms with Gasteiger partial charge in [-0.15, -0.1) is 0 Å². The van der Waals surface area contributed by atoms with Gasteiger partial charge in [0.15, 0.2) is 5.76 Å². The molecular formula is C24H24ClN3O3. The Morgan fingerprint density at radius 3 is 2.68 bits per heavy atom. The SMILES string of the molecule is CN(Cc1nc2ccccc2n1CCCCOc1ccc(Cl)cc1)C(=O)c1ccco1. The Balaban J connectivity index is 1.40. The van der Waals surface area contributed by atoms with Crippen molar-refractivity contribution in [1.82, 2.24) is 14.5 Å². The molecule has 0 saturated heterocycles. The molecule has 0 radical (unpaired) electrons. The molecule has 31 heavy (non-hydrogen) atoms. The molecule has 6 nitrogen and oxygen atoms in total. The lowest BCUT2D eigenvalue weighted by molar-refractivity contribution is 0.0748. The molecular weight excluding hydrogens is 414 g/mol. The first-order valence-corrected chi connectivity index (χ1v) is 10.6. The number of amides is 1. The molecule has 0 aliphatic heterocycles. The van der Waals surface area contributed by atoms with Gasteiger partial charge >= 0.3 is 0 Å². The molecule has 160 valence electrons. The lowest BCUT2D eigenvalue weighted by Gasteiger charge is -2.17. The molecule has 1 amide bonds. The minimum absolute atomic E-state index is 0.167. The zero-order chi connectivity index (χ0) is 21.6. The van der Waals surface area contributed by atoms with Crippen molar-refractivity contribution in [2.45, 2.75) is 25.9 Å². The molecule has 0 N–H and O–H groups in total. The minimum Gasteiger partial charge on any atom is -0.494 e. The fourth-order valence-electron chi connectivity index (χ4n) is 3.46. The molecule has 0 saturated carbocycles. The average Bonchev–Trinajstić information content (AvgIpc) is 3.43. The molecule has 2 aromatic carbocycles. The van der Waals surface area contributed by atoms with Gasteiger partial charge in [-0.1, -0.05) is 23.7 Å². The third kappa shape index (κ3) is 5.09. The van der Waals surface area contributed by atoms with Gasteiger partial charge in [0.1, 0.15) is 11.6 Å². The Labute approximate surface area is 186 Å². The van der Waals surface area contributed by atoms with Crippen LogP contribution in [0.25, 0.3) is 11.0 Å². The highest BCUT2D eigenvalue weighted by Crippen LogP contribution is 2.20. The van der Waals surface area contributed by atoms with Crippen molar-refractivity contribution in [3.05, 3.63) is 83.5 Å². The third-order valence-corrected chi connectivity index (χ3v) is 5.30. The monoisotopic (exact) mass is 437 g/mol. The number of halogens is 1. The maximum atomic E-state index is 12.6. The molecule has 7 heteroatoms. The Bertz CT molecular complexity index is 1140. The van der Waals surface area contributed by atoms with Gasteiger partial charge < -0.3 is 18.6 Å². The van der Waals surface area contributed by atoms with Crippen LogP contribution in [0, 0.1) is 0 Å². The first kappa shape index (κ1) is 21.0. The lowest BCUT2D eigenvalue weighted by Crippen LogP contribution is -2.27. The number of rotatable bonds is 9. The van der Waals surface area contributed by atoms with Gasteiger partial charge in [-0.2, -0.15) is 0 Å². The summed E-state index contributed by atoms with van der Waals surface area (Å²) >= 11 is 5.91. The minimum atomic E-state index is -0.167. The van der Waals surface area contributed by atoms with Crippen molar-refractivity contribution in [3.63, 3.8) is 0 Å². The molecule has 4 rings (SSSR count). The second kappa shape index (κ2) is 9.71. The Morgan fingerprint density at radius 2 is 1.90 bits per heavy atom. The highest BCUT2D eigenvalue weighted by molar-refractivity contribution is 6.30. The number of hydrogen-bond acceptors (Lipinski definition) is 4. The summed E-state index contributed by atoms with van der Waals surface area (Å²) in [6.07, 6.45) is 3.33. The second-order valence-corrected chi connectivity index (χ2v) is 7.75. The largest absolute Gasteiger partial charge is 0.494 e. The summed E-state index contributed by atoms with van der Waals surface area (Å²) in [7, 11) is 1.76. The van der Waals surface area contributed by atoms with Crippen LogP contribution in [0.1, 0.15) is 29.2 Å². The summed E-state index contributed by atoms with van der Waals surface area (Å²) in [6.45, 7) is 1.82. The van der Waals surface area contributed by atoms with Gasteiger partial charge in [-0.25, -0.2) is 4.98 Å². The summed E-state index contributed by atoms with van der Waals surface area (Å²) < 4.78 is 13.2. The number of imidazole rings is 1. The molecule has 4 aromatic rings. The normalized spacial score (nSPS) is 11.0. The van der Waals surface area contributed by atoms with Crippen LogP contribution < -0.4 is 4.74 Å². The predicted molar refractivity (Wildman–Crippen MR) is 120 cm³/mol. The number of ether oxygens (including phenoxy) is 1. The number of nitrogens with zero attached hydrogens (tertiary/aromatic N) is 3. The summed E-state index contributed by atoms with van der Waals surface area (Å²) in [5.41, 5.74) is 1.99. The first-order chi connectivity index (χ1) is 15.1. The van der Waals surface area contributed by atoms with Gasteiger partial charge in [-0.3, -0.25) is 4.79 Å². The van der Waals surface area contributed by atoms with Gasteiger partial charge in [0, 0.05) is 18.6 Å². The zero-order valence-corrected chi connectivity index (χ0v) is 18.1. The number of carbonyl (C=O) groups excluding carboxylic acids is 1. The van der Waals surface area contributed by atoms with Crippen molar-refractivity contribution in [3.8, 4) is 5.75 Å². The van der Waals surface area contributed by atoms with Gasteiger partial charge in [0.05, 0.1) is 30.4 Å². The van der Waals surface area contributed by atoms with E-state index in [0.29, 0.717) is 23.9 Å². The van der Waals surface area contributed by atoms with E-state index in [9.17, 15) is 4.79 Å². The molecule has 0 atom stereocenters. The highest BCUT2D eigenvalue weighted by Gasteiger charge is 2.18. The number of carbonyl (C=O) groups is 1. The number of hydrogen-bond donors (Lipinski definition) is 0. The van der Waals surface area contributed by atoms with Crippen LogP contribution >= 0.6 is 11.6 Å². The number of aryl methyl sites for hydroxylation is 1. The Kier molecular flexibility index (Phi) is 6.57. The fraction of sp³-hybridized carbons (Fsp3) is 0.250. The van der Waals surface area contributed by atoms with Crippen molar-refractivity contribution in [2.75, 3.05) is 13.7 Å². The van der Waals surface area contributed by atoms with E-state index in [-0.39, 0.29) is 5.91 Å². The maximum Gasteiger partial charge on any atom is 0.289 e. The summed E-state index contributed by atoms with van der Waals surface area (Å²) in [4.78, 5) is 19.0. The number of furan rings is 1. The summed E-state index contributed by atoms with van der Waals surface area (Å²) in [5.74, 6) is 1.82. The van der Waals surface area contributed by atoms with E-state index in [4.69, 9.17) is 25.7 Å². The molecule has 2 heterocycles. The number of benzene rings is 2. The van der Waals surface area contributed by atoms with E-state index in [1.54, 1.807) is 24.1 Å². The quantitative estimate of drug-likeness (QED) is 0.328. The molecule has 0 unspecified atom stereocenters. The fourth-order valence-corrected chi connectivity index (χ4v) is 3.59. The van der Waals surface area contributed by atoms with E-state index < -0.39 is 0 Å². The molecule has 0 fully saturated rings. The van der Waals surface area contributed by atoms with Crippen LogP contribution in [0.2, 0.25) is 5.02 Å². The van der Waals surface area contributed by atoms with Crippen LogP contribution in [0.5, 0.6) is 5.75 Å². The smallest absolute Gasteiger partial charge is 0.289 e. The van der Waals surface area contributed by atoms with E-state index >= 15 is 0 Å². The van der Waals surface area contributed by atoms with E-state index in [1.807, 2.05) is 42.5 Å². The first-order valence-electron chi connectivity index (χ1n) is 10.2. The second-order valence-electron chi connectivity index (χ2n) is 7.32. The number of unbranched alkanes of at least 4 members (excludes halogenated alkanes) is 1. The van der Waals surface area contributed by atoms with Gasteiger partial charge in [0.2, 0.25) is 0 Å². The zero-order valence-electron chi connectivity index (χ0n) is 17.3. The van der Waals surface area contributed by atoms with Gasteiger partial charge in [-0.05, 0) is 61.4 Å². The standard InChI is InChI=1S/C24H24ClN3O3/c1-27(24(29)22-9-6-16-31-22)17-23-26-20-7-2-3-8-21(20)28(23)14-4-5-15-30-19-12-10-18(25)11-13-19/h2-3,6-13,16H,4-5,14-15,17H2,1H3. The molecule has 2 aromatic heterocycles. The van der Waals surface area contributed by atoms with Crippen LogP contribution in [-0.2, 0) is 13.1 Å². The lowest BCUT2D eigenvalue weighted by atomic mass is 10.3. The van der Waals surface area contributed by atoms with E-state index in [1.165, 1.54) is 6.26 Å². The van der Waals surface area contributed by atoms with Crippen LogP contribution in [0.15, 0.2) is 71.3 Å². The predicted octanol–water partition coefficient (Wildman–Crippen LogP) is 5.41. The Morgan fingerprint density at radius 1 is 1.10 bits per heavy atom. The van der Waals surface area contributed by atoms with Crippen LogP contribution in [0.3, 0.4) is 0 Å². The van der Waals surface area contributed by atoms with E-state index in [2.05, 4.69) is 10.6 Å². The maximum absolute atomic E-state index is 12.6. The van der Waals surface area contributed by atoms with Crippen molar-refractivity contribution >= 4 is 28.5 Å². The number of fused-ring (bicyclic) bond motifs is 1. The number of para-hydroxylation sites is 2. The summed E-state index contributed by atoms with van der Waals surface area (Å²) in [5, 5.41) is 0.697. The summed E-state index contributed by atoms with van der Waals surface area (Å²) in [6, 6.07) is 18.8. The van der Waals surface area contributed by atoms with Crippen molar-refractivity contribution < 1.29 is 13.9 Å². The molecule has 0 bridgehead atoms.